The van der Waals surface area contributed by atoms with E-state index in [-0.39, 0.29) is 12.1 Å². The first kappa shape index (κ1) is 19.1. The lowest BCUT2D eigenvalue weighted by molar-refractivity contribution is 0.1000. The third-order valence-corrected chi connectivity index (χ3v) is 4.69. The van der Waals surface area contributed by atoms with E-state index in [1.807, 2.05) is 0 Å². The van der Waals surface area contributed by atoms with Gasteiger partial charge in [-0.25, -0.2) is 4.79 Å². The number of hydrogen-bond acceptors (Lipinski definition) is 4. The second-order valence-electron chi connectivity index (χ2n) is 6.39. The van der Waals surface area contributed by atoms with Gasteiger partial charge in [0.1, 0.15) is 5.75 Å². The van der Waals surface area contributed by atoms with E-state index < -0.39 is 5.91 Å². The van der Waals surface area contributed by atoms with Crippen molar-refractivity contribution in [1.82, 2.24) is 9.80 Å². The van der Waals surface area contributed by atoms with Gasteiger partial charge in [0.2, 0.25) is 5.91 Å². The molecular weight excluding hydrogens is 320 g/mol. The molecule has 1 aliphatic rings. The molecule has 1 aliphatic heterocycles. The van der Waals surface area contributed by atoms with Crippen LogP contribution < -0.4 is 15.8 Å². The number of urea groups is 1. The van der Waals surface area contributed by atoms with Gasteiger partial charge in [0.05, 0.1) is 12.8 Å². The van der Waals surface area contributed by atoms with Gasteiger partial charge in [-0.1, -0.05) is 6.92 Å². The Morgan fingerprint density at radius 1 is 1.36 bits per heavy atom. The number of nitrogens with two attached hydrogens (primary N) is 1. The van der Waals surface area contributed by atoms with Crippen LogP contribution in [0.2, 0.25) is 0 Å². The van der Waals surface area contributed by atoms with E-state index in [0.717, 1.165) is 38.9 Å². The Kier molecular flexibility index (Phi) is 6.64. The van der Waals surface area contributed by atoms with E-state index in [9.17, 15) is 9.59 Å². The Hall–Kier alpha value is -2.28. The number of hydrogen-bond donors (Lipinski definition) is 2. The van der Waals surface area contributed by atoms with Gasteiger partial charge in [-0.15, -0.1) is 0 Å². The number of amides is 3. The van der Waals surface area contributed by atoms with E-state index in [4.69, 9.17) is 10.5 Å². The maximum Gasteiger partial charge on any atom is 0.321 e. The second kappa shape index (κ2) is 8.71. The van der Waals surface area contributed by atoms with E-state index in [2.05, 4.69) is 17.1 Å². The van der Waals surface area contributed by atoms with Gasteiger partial charge in [-0.05, 0) is 44.0 Å². The van der Waals surface area contributed by atoms with Crippen molar-refractivity contribution in [2.24, 2.45) is 5.73 Å². The Morgan fingerprint density at radius 3 is 2.60 bits per heavy atom. The molecule has 0 unspecified atom stereocenters. The summed E-state index contributed by atoms with van der Waals surface area (Å²) in [6.07, 6.45) is 3.07. The number of primary amides is 1. The average Bonchev–Trinajstić information content (AvgIpc) is 2.61. The van der Waals surface area contributed by atoms with Crippen LogP contribution in [0.25, 0.3) is 0 Å². The molecule has 0 atom stereocenters. The maximum absolute atomic E-state index is 12.6. The number of nitrogens with one attached hydrogen (secondary N) is 1. The molecule has 25 heavy (non-hydrogen) atoms. The van der Waals surface area contributed by atoms with Gasteiger partial charge in [0.25, 0.3) is 0 Å². The SMILES string of the molecule is CCCN1CCC(N(C)C(=O)Nc2cc(C(N)=O)ccc2OC)CC1. The van der Waals surface area contributed by atoms with Crippen molar-refractivity contribution in [3.05, 3.63) is 23.8 Å². The molecule has 3 amide bonds. The quantitative estimate of drug-likeness (QED) is 0.824. The molecule has 0 saturated carbocycles. The Morgan fingerprint density at radius 2 is 2.04 bits per heavy atom. The zero-order valence-corrected chi connectivity index (χ0v) is 15.2. The number of nitrogens with zero attached hydrogens (tertiary/aromatic N) is 2. The number of carbonyl (C=O) groups is 2. The molecule has 0 bridgehead atoms. The first-order valence-corrected chi connectivity index (χ1v) is 8.70. The molecular formula is C18H28N4O3. The zero-order valence-electron chi connectivity index (χ0n) is 15.2. The molecule has 0 spiro atoms. The molecule has 1 saturated heterocycles. The number of carbonyl (C=O) groups excluding carboxylic acids is 2. The van der Waals surface area contributed by atoms with Crippen molar-refractivity contribution in [1.29, 1.82) is 0 Å². The van der Waals surface area contributed by atoms with Crippen LogP contribution in [0.15, 0.2) is 18.2 Å². The first-order valence-electron chi connectivity index (χ1n) is 8.70. The summed E-state index contributed by atoms with van der Waals surface area (Å²) >= 11 is 0. The summed E-state index contributed by atoms with van der Waals surface area (Å²) in [5.41, 5.74) is 6.08. The molecule has 2 rings (SSSR count). The number of rotatable bonds is 6. The standard InChI is InChI=1S/C18H28N4O3/c1-4-9-22-10-7-14(8-11-22)21(2)18(24)20-15-12-13(17(19)23)5-6-16(15)25-3/h5-6,12,14H,4,7-11H2,1-3H3,(H2,19,23)(H,20,24). The number of anilines is 1. The smallest absolute Gasteiger partial charge is 0.321 e. The number of likely N-dealkylation sites (tertiary alicyclic amines) is 1. The molecule has 3 N–H and O–H groups in total. The number of ether oxygens (including phenoxy) is 1. The fourth-order valence-electron chi connectivity index (χ4n) is 3.17. The van der Waals surface area contributed by atoms with Gasteiger partial charge >= 0.3 is 6.03 Å². The fraction of sp³-hybridized carbons (Fsp3) is 0.556. The minimum absolute atomic E-state index is 0.207. The summed E-state index contributed by atoms with van der Waals surface area (Å²) < 4.78 is 5.26. The second-order valence-corrected chi connectivity index (χ2v) is 6.39. The average molecular weight is 348 g/mol. The van der Waals surface area contributed by atoms with Crippen molar-refractivity contribution in [3.63, 3.8) is 0 Å². The van der Waals surface area contributed by atoms with Crippen LogP contribution in [-0.2, 0) is 0 Å². The summed E-state index contributed by atoms with van der Waals surface area (Å²) in [6, 6.07) is 4.73. The van der Waals surface area contributed by atoms with Crippen molar-refractivity contribution in [3.8, 4) is 5.75 Å². The highest BCUT2D eigenvalue weighted by molar-refractivity contribution is 5.97. The summed E-state index contributed by atoms with van der Waals surface area (Å²) in [7, 11) is 3.32. The van der Waals surface area contributed by atoms with Gasteiger partial charge < -0.3 is 25.6 Å². The first-order chi connectivity index (χ1) is 12.0. The fourth-order valence-corrected chi connectivity index (χ4v) is 3.17. The summed E-state index contributed by atoms with van der Waals surface area (Å²) in [4.78, 5) is 28.1. The molecule has 7 heteroatoms. The molecule has 0 aromatic heterocycles. The van der Waals surface area contributed by atoms with Crippen LogP contribution >= 0.6 is 0 Å². The number of piperidine rings is 1. The molecule has 7 nitrogen and oxygen atoms in total. The molecule has 1 aromatic rings. The monoisotopic (exact) mass is 348 g/mol. The highest BCUT2D eigenvalue weighted by Gasteiger charge is 2.25. The van der Waals surface area contributed by atoms with E-state index in [1.165, 1.54) is 13.2 Å². The van der Waals surface area contributed by atoms with Crippen molar-refractivity contribution >= 4 is 17.6 Å². The van der Waals surface area contributed by atoms with E-state index in [1.54, 1.807) is 24.1 Å². The lowest BCUT2D eigenvalue weighted by Gasteiger charge is -2.36. The third-order valence-electron chi connectivity index (χ3n) is 4.69. The van der Waals surface area contributed by atoms with Crippen molar-refractivity contribution in [2.75, 3.05) is 39.1 Å². The van der Waals surface area contributed by atoms with Crippen molar-refractivity contribution in [2.45, 2.75) is 32.2 Å². The number of methoxy groups -OCH3 is 1. The van der Waals surface area contributed by atoms with Crippen LogP contribution in [0.1, 0.15) is 36.5 Å². The highest BCUT2D eigenvalue weighted by Crippen LogP contribution is 2.26. The van der Waals surface area contributed by atoms with Gasteiger partial charge in [0, 0.05) is 31.7 Å². The Labute approximate surface area is 149 Å². The Balaban J connectivity index is 2.01. The molecule has 1 heterocycles. The van der Waals surface area contributed by atoms with Gasteiger partial charge in [-0.3, -0.25) is 4.79 Å². The largest absolute Gasteiger partial charge is 0.495 e. The summed E-state index contributed by atoms with van der Waals surface area (Å²) in [5, 5.41) is 2.83. The molecule has 0 aliphatic carbocycles. The van der Waals surface area contributed by atoms with Gasteiger partial charge in [-0.2, -0.15) is 0 Å². The predicted octanol–water partition coefficient (Wildman–Crippen LogP) is 2.13. The zero-order chi connectivity index (χ0) is 18.4. The lowest BCUT2D eigenvalue weighted by atomic mass is 10.0. The third kappa shape index (κ3) is 4.85. The van der Waals surface area contributed by atoms with Gasteiger partial charge in [0.15, 0.2) is 0 Å². The normalized spacial score (nSPS) is 15.6. The van der Waals surface area contributed by atoms with Crippen LogP contribution in [0.5, 0.6) is 5.75 Å². The van der Waals surface area contributed by atoms with E-state index in [0.29, 0.717) is 17.0 Å². The Bertz CT molecular complexity index is 612. The molecule has 0 radical (unpaired) electrons. The minimum Gasteiger partial charge on any atom is -0.495 e. The molecule has 138 valence electrons. The maximum atomic E-state index is 12.6. The summed E-state index contributed by atoms with van der Waals surface area (Å²) in [5.74, 6) is -0.0562. The highest BCUT2D eigenvalue weighted by atomic mass is 16.5. The molecule has 1 aromatic carbocycles. The molecule has 1 fully saturated rings. The van der Waals surface area contributed by atoms with Crippen LogP contribution in [-0.4, -0.2) is 61.6 Å². The number of benzene rings is 1. The topological polar surface area (TPSA) is 87.9 Å². The van der Waals surface area contributed by atoms with E-state index >= 15 is 0 Å². The predicted molar refractivity (Wildman–Crippen MR) is 98.0 cm³/mol. The van der Waals surface area contributed by atoms with Crippen LogP contribution in [0, 0.1) is 0 Å². The van der Waals surface area contributed by atoms with Crippen LogP contribution in [0.3, 0.4) is 0 Å². The lowest BCUT2D eigenvalue weighted by Crippen LogP contribution is -2.47. The van der Waals surface area contributed by atoms with Crippen molar-refractivity contribution < 1.29 is 14.3 Å². The van der Waals surface area contributed by atoms with Crippen LogP contribution in [0.4, 0.5) is 10.5 Å². The summed E-state index contributed by atoms with van der Waals surface area (Å²) in [6.45, 7) is 5.31. The minimum atomic E-state index is -0.546.